The zero-order chi connectivity index (χ0) is 22.8. The summed E-state index contributed by atoms with van der Waals surface area (Å²) in [5.41, 5.74) is -0.706. The molecule has 9 heteroatoms. The maximum Gasteiger partial charge on any atom is 0.410 e. The van der Waals surface area contributed by atoms with Crippen LogP contribution in [0.4, 0.5) is 4.79 Å². The van der Waals surface area contributed by atoms with Crippen LogP contribution >= 0.6 is 15.9 Å². The van der Waals surface area contributed by atoms with Gasteiger partial charge in [0.05, 0.1) is 10.6 Å². The summed E-state index contributed by atoms with van der Waals surface area (Å²) in [5, 5.41) is 3.11. The lowest BCUT2D eigenvalue weighted by Crippen LogP contribution is -2.50. The van der Waals surface area contributed by atoms with Crippen molar-refractivity contribution in [1.82, 2.24) is 14.8 Å². The number of carbonyl (C=O) groups is 2. The van der Waals surface area contributed by atoms with Crippen LogP contribution in [0, 0.1) is 0 Å². The van der Waals surface area contributed by atoms with E-state index in [-0.39, 0.29) is 23.6 Å². The highest BCUT2D eigenvalue weighted by Crippen LogP contribution is 2.29. The fourth-order valence-corrected chi connectivity index (χ4v) is 4.57. The van der Waals surface area contributed by atoms with Crippen molar-refractivity contribution in [2.24, 2.45) is 7.05 Å². The number of ether oxygens (including phenoxy) is 2. The van der Waals surface area contributed by atoms with Crippen LogP contribution in [-0.2, 0) is 16.6 Å². The second-order valence-corrected chi connectivity index (χ2v) is 10.2. The number of hydrogen-bond acceptors (Lipinski definition) is 5. The summed E-state index contributed by atoms with van der Waals surface area (Å²) in [6.07, 6.45) is 5.87. The molecule has 2 amide bonds. The molecule has 31 heavy (non-hydrogen) atoms. The van der Waals surface area contributed by atoms with E-state index in [0.717, 1.165) is 36.6 Å². The van der Waals surface area contributed by atoms with Gasteiger partial charge >= 0.3 is 6.09 Å². The van der Waals surface area contributed by atoms with E-state index in [0.29, 0.717) is 18.7 Å². The fourth-order valence-electron chi connectivity index (χ4n) is 4.05. The van der Waals surface area contributed by atoms with Crippen LogP contribution in [0.2, 0.25) is 0 Å². The van der Waals surface area contributed by atoms with Gasteiger partial charge in [-0.2, -0.15) is 0 Å². The minimum absolute atomic E-state index is 0.00120. The lowest BCUT2D eigenvalue weighted by molar-refractivity contribution is -0.126. The molecule has 0 aromatic carbocycles. The molecule has 1 aliphatic heterocycles. The molecule has 1 atom stereocenters. The number of nitrogens with zero attached hydrogens (tertiary/aromatic N) is 2. The number of likely N-dealkylation sites (tertiary alicyclic amines) is 1. The number of halogens is 1. The lowest BCUT2D eigenvalue weighted by Gasteiger charge is -2.32. The molecule has 0 unspecified atom stereocenters. The molecule has 0 bridgehead atoms. The van der Waals surface area contributed by atoms with Crippen molar-refractivity contribution in [2.45, 2.75) is 83.1 Å². The molecule has 0 radical (unpaired) electrons. The molecular formula is C22H32BrN3O5. The van der Waals surface area contributed by atoms with Gasteiger partial charge in [0.15, 0.2) is 0 Å². The molecular weight excluding hydrogens is 466 g/mol. The first-order valence-corrected chi connectivity index (χ1v) is 11.7. The van der Waals surface area contributed by atoms with Crippen LogP contribution in [0.3, 0.4) is 0 Å². The summed E-state index contributed by atoms with van der Waals surface area (Å²) in [5.74, 6) is 0.441. The number of rotatable bonds is 4. The number of aryl methyl sites for hydroxylation is 1. The molecule has 172 valence electrons. The Bertz CT molecular complexity index is 871. The normalized spacial score (nSPS) is 24.0. The van der Waals surface area contributed by atoms with Gasteiger partial charge in [0.2, 0.25) is 5.91 Å². The second kappa shape index (κ2) is 9.63. The van der Waals surface area contributed by atoms with E-state index >= 15 is 0 Å². The fraction of sp³-hybridized carbons (Fsp3) is 0.682. The minimum Gasteiger partial charge on any atom is -0.489 e. The van der Waals surface area contributed by atoms with Crippen LogP contribution in [0.1, 0.15) is 59.3 Å². The summed E-state index contributed by atoms with van der Waals surface area (Å²) in [6.45, 7) is 6.01. The van der Waals surface area contributed by atoms with E-state index in [4.69, 9.17) is 9.47 Å². The van der Waals surface area contributed by atoms with Gasteiger partial charge in [-0.15, -0.1) is 0 Å². The van der Waals surface area contributed by atoms with Crippen LogP contribution in [-0.4, -0.2) is 51.8 Å². The third kappa shape index (κ3) is 6.24. The largest absolute Gasteiger partial charge is 0.489 e. The molecule has 8 nitrogen and oxygen atoms in total. The smallest absolute Gasteiger partial charge is 0.410 e. The Morgan fingerprint density at radius 2 is 1.84 bits per heavy atom. The average molecular weight is 498 g/mol. The van der Waals surface area contributed by atoms with Crippen molar-refractivity contribution in [2.75, 3.05) is 6.54 Å². The highest BCUT2D eigenvalue weighted by Gasteiger charge is 2.37. The molecule has 2 aliphatic rings. The molecule has 3 rings (SSSR count). The van der Waals surface area contributed by atoms with Crippen LogP contribution in [0.15, 0.2) is 21.5 Å². The Labute approximate surface area is 191 Å². The van der Waals surface area contributed by atoms with Gasteiger partial charge in [0, 0.05) is 31.9 Å². The second-order valence-electron chi connectivity index (χ2n) is 9.37. The number of carbonyl (C=O) groups excluding carboxylic acids is 2. The Balaban J connectivity index is 1.50. The maximum atomic E-state index is 12.8. The first-order chi connectivity index (χ1) is 14.5. The highest BCUT2D eigenvalue weighted by atomic mass is 79.9. The zero-order valence-corrected chi connectivity index (χ0v) is 20.2. The third-order valence-electron chi connectivity index (χ3n) is 5.64. The van der Waals surface area contributed by atoms with Crippen molar-refractivity contribution in [1.29, 1.82) is 0 Å². The van der Waals surface area contributed by atoms with E-state index < -0.39 is 17.7 Å². The standard InChI is InChI=1S/C22H32BrN3O5/c1-22(2,3)31-21(29)26-11-5-6-17(26)20(28)24-14-7-9-15(10-8-14)30-18-12-19(27)25(4)13-16(18)23/h12-15,17H,5-11H2,1-4H3,(H,24,28)/t14?,15?,17-/m0/s1. The van der Waals surface area contributed by atoms with Crippen molar-refractivity contribution in [3.05, 3.63) is 27.1 Å². The van der Waals surface area contributed by atoms with E-state index in [1.54, 1.807) is 18.1 Å². The van der Waals surface area contributed by atoms with Crippen molar-refractivity contribution in [3.8, 4) is 5.75 Å². The molecule has 1 aromatic heterocycles. The Kier molecular flexibility index (Phi) is 7.34. The number of hydrogen-bond donors (Lipinski definition) is 1. The average Bonchev–Trinajstić information content (AvgIpc) is 3.16. The topological polar surface area (TPSA) is 89.9 Å². The van der Waals surface area contributed by atoms with Gasteiger partial charge < -0.3 is 19.4 Å². The Hall–Kier alpha value is -2.03. The van der Waals surface area contributed by atoms with Gasteiger partial charge in [0.25, 0.3) is 5.56 Å². The van der Waals surface area contributed by atoms with Crippen molar-refractivity contribution < 1.29 is 19.1 Å². The third-order valence-corrected chi connectivity index (χ3v) is 6.24. The van der Waals surface area contributed by atoms with Gasteiger partial charge in [-0.25, -0.2) is 4.79 Å². The minimum atomic E-state index is -0.586. The van der Waals surface area contributed by atoms with Crippen LogP contribution in [0.5, 0.6) is 5.75 Å². The predicted molar refractivity (Wildman–Crippen MR) is 120 cm³/mol. The lowest BCUT2D eigenvalue weighted by atomic mass is 9.92. The number of amides is 2. The zero-order valence-electron chi connectivity index (χ0n) is 18.7. The number of aromatic nitrogens is 1. The molecule has 2 heterocycles. The van der Waals surface area contributed by atoms with Gasteiger partial charge in [-0.1, -0.05) is 0 Å². The highest BCUT2D eigenvalue weighted by molar-refractivity contribution is 9.10. The number of nitrogens with one attached hydrogen (secondary N) is 1. The molecule has 1 N–H and O–H groups in total. The molecule has 0 spiro atoms. The summed E-state index contributed by atoms with van der Waals surface area (Å²) < 4.78 is 13.7. The van der Waals surface area contributed by atoms with Crippen molar-refractivity contribution in [3.63, 3.8) is 0 Å². The quantitative estimate of drug-likeness (QED) is 0.688. The van der Waals surface area contributed by atoms with Crippen LogP contribution < -0.4 is 15.6 Å². The predicted octanol–water partition coefficient (Wildman–Crippen LogP) is 3.35. The number of pyridine rings is 1. The molecule has 1 aliphatic carbocycles. The molecule has 1 aromatic rings. The SMILES string of the molecule is Cn1cc(Br)c(OC2CCC(NC(=O)[C@@H]3CCCN3C(=O)OC(C)(C)C)CC2)cc1=O. The van der Waals surface area contributed by atoms with E-state index in [2.05, 4.69) is 21.2 Å². The summed E-state index contributed by atoms with van der Waals surface area (Å²) in [6, 6.07) is 1.07. The van der Waals surface area contributed by atoms with Gasteiger partial charge in [0.1, 0.15) is 17.4 Å². The molecule has 2 fully saturated rings. The summed E-state index contributed by atoms with van der Waals surface area (Å²) in [7, 11) is 1.69. The Morgan fingerprint density at radius 1 is 1.16 bits per heavy atom. The summed E-state index contributed by atoms with van der Waals surface area (Å²) >= 11 is 3.44. The van der Waals surface area contributed by atoms with Gasteiger partial charge in [-0.3, -0.25) is 14.5 Å². The van der Waals surface area contributed by atoms with Crippen LogP contribution in [0.25, 0.3) is 0 Å². The van der Waals surface area contributed by atoms with Crippen molar-refractivity contribution >= 4 is 27.9 Å². The van der Waals surface area contributed by atoms with E-state index in [1.165, 1.54) is 10.6 Å². The monoisotopic (exact) mass is 497 g/mol. The van der Waals surface area contributed by atoms with E-state index in [9.17, 15) is 14.4 Å². The van der Waals surface area contributed by atoms with Gasteiger partial charge in [-0.05, 0) is 75.2 Å². The maximum absolute atomic E-state index is 12.8. The molecule has 1 saturated heterocycles. The summed E-state index contributed by atoms with van der Waals surface area (Å²) in [4.78, 5) is 38.7. The van der Waals surface area contributed by atoms with E-state index in [1.807, 2.05) is 20.8 Å². The Morgan fingerprint density at radius 3 is 2.48 bits per heavy atom. The first-order valence-electron chi connectivity index (χ1n) is 10.9. The first kappa shape index (κ1) is 23.6. The molecule has 1 saturated carbocycles.